The summed E-state index contributed by atoms with van der Waals surface area (Å²) in [6.45, 7) is 2.15. The Balaban J connectivity index is 2.24. The second-order valence-corrected chi connectivity index (χ2v) is 5.05. The van der Waals surface area contributed by atoms with Crippen molar-refractivity contribution in [2.75, 3.05) is 12.4 Å². The van der Waals surface area contributed by atoms with Crippen molar-refractivity contribution >= 4 is 34.7 Å². The van der Waals surface area contributed by atoms with Crippen LogP contribution in [0, 0.1) is 12.7 Å². The molecule has 0 aliphatic rings. The third-order valence-corrected chi connectivity index (χ3v) is 3.48. The van der Waals surface area contributed by atoms with Gasteiger partial charge in [0.05, 0.1) is 6.54 Å². The van der Waals surface area contributed by atoms with Gasteiger partial charge in [-0.15, -0.1) is 0 Å². The van der Waals surface area contributed by atoms with E-state index in [1.807, 2.05) is 13.0 Å². The highest BCUT2D eigenvalue weighted by Crippen LogP contribution is 2.21. The lowest BCUT2D eigenvalue weighted by Gasteiger charge is -2.08. The van der Waals surface area contributed by atoms with E-state index in [0.717, 1.165) is 5.69 Å². The van der Waals surface area contributed by atoms with Gasteiger partial charge in [0.2, 0.25) is 0 Å². The molecule has 0 unspecified atom stereocenters. The van der Waals surface area contributed by atoms with Crippen LogP contribution in [-0.4, -0.2) is 21.9 Å². The van der Waals surface area contributed by atoms with Gasteiger partial charge in [-0.25, -0.2) is 4.39 Å². The van der Waals surface area contributed by atoms with E-state index in [1.54, 1.807) is 23.9 Å². The van der Waals surface area contributed by atoms with Crippen molar-refractivity contribution in [2.24, 2.45) is 0 Å². The lowest BCUT2D eigenvalue weighted by molar-refractivity contribution is 0.581. The maximum absolute atomic E-state index is 13.8. The van der Waals surface area contributed by atoms with Crippen molar-refractivity contribution in [2.45, 2.75) is 13.5 Å². The fourth-order valence-electron chi connectivity index (χ4n) is 1.74. The fraction of sp³-hybridized carbons (Fsp3) is 0.231. The van der Waals surface area contributed by atoms with Gasteiger partial charge in [0, 0.05) is 29.4 Å². The molecule has 0 saturated heterocycles. The van der Waals surface area contributed by atoms with Crippen molar-refractivity contribution < 1.29 is 4.39 Å². The molecular formula is C13H14ClFN4S. The summed E-state index contributed by atoms with van der Waals surface area (Å²) >= 11 is 11.0. The predicted molar refractivity (Wildman–Crippen MR) is 82.8 cm³/mol. The Morgan fingerprint density at radius 2 is 2.25 bits per heavy atom. The van der Waals surface area contributed by atoms with Crippen LogP contribution in [0.5, 0.6) is 0 Å². The lowest BCUT2D eigenvalue weighted by atomic mass is 10.2. The zero-order valence-electron chi connectivity index (χ0n) is 11.1. The first-order valence-corrected chi connectivity index (χ1v) is 6.76. The first-order chi connectivity index (χ1) is 9.51. The molecule has 0 atom stereocenters. The molecule has 0 aliphatic carbocycles. The van der Waals surface area contributed by atoms with Crippen LogP contribution in [0.25, 0.3) is 0 Å². The topological polar surface area (TPSA) is 41.9 Å². The lowest BCUT2D eigenvalue weighted by Crippen LogP contribution is -2.24. The Hall–Kier alpha value is -1.66. The smallest absolute Gasteiger partial charge is 0.171 e. The summed E-state index contributed by atoms with van der Waals surface area (Å²) in [6, 6.07) is 6.46. The minimum atomic E-state index is -0.340. The molecule has 2 aromatic rings. The van der Waals surface area contributed by atoms with E-state index in [4.69, 9.17) is 23.8 Å². The molecule has 0 spiro atoms. The van der Waals surface area contributed by atoms with Crippen LogP contribution in [0.15, 0.2) is 24.3 Å². The van der Waals surface area contributed by atoms with Crippen molar-refractivity contribution in [3.63, 3.8) is 0 Å². The first-order valence-electron chi connectivity index (χ1n) is 5.97. The number of thiocarbonyl (C=S) groups is 1. The van der Waals surface area contributed by atoms with E-state index in [1.165, 1.54) is 6.07 Å². The first kappa shape index (κ1) is 14.7. The van der Waals surface area contributed by atoms with E-state index in [9.17, 15) is 4.39 Å². The van der Waals surface area contributed by atoms with Crippen molar-refractivity contribution in [3.8, 4) is 0 Å². The highest BCUT2D eigenvalue weighted by Gasteiger charge is 2.11. The van der Waals surface area contributed by atoms with E-state index in [0.29, 0.717) is 21.5 Å². The molecule has 2 N–H and O–H groups in total. The Morgan fingerprint density at radius 3 is 2.90 bits per heavy atom. The number of halogens is 2. The van der Waals surface area contributed by atoms with Gasteiger partial charge < -0.3 is 10.6 Å². The van der Waals surface area contributed by atoms with Gasteiger partial charge in [0.15, 0.2) is 10.9 Å². The van der Waals surface area contributed by atoms with E-state index >= 15 is 0 Å². The summed E-state index contributed by atoms with van der Waals surface area (Å²) in [5, 5.41) is 10.9. The molecule has 0 aliphatic heterocycles. The number of aromatic nitrogens is 2. The van der Waals surface area contributed by atoms with Gasteiger partial charge in [-0.2, -0.15) is 5.10 Å². The van der Waals surface area contributed by atoms with Crippen LogP contribution in [-0.2, 0) is 6.54 Å². The number of benzene rings is 1. The zero-order chi connectivity index (χ0) is 14.7. The highest BCUT2D eigenvalue weighted by atomic mass is 35.5. The van der Waals surface area contributed by atoms with Crippen LogP contribution in [0.4, 0.5) is 10.2 Å². The number of nitrogens with one attached hydrogen (secondary N) is 2. The summed E-state index contributed by atoms with van der Waals surface area (Å²) in [5.41, 5.74) is 1.30. The third kappa shape index (κ3) is 3.26. The molecule has 0 bridgehead atoms. The second-order valence-electron chi connectivity index (χ2n) is 4.23. The van der Waals surface area contributed by atoms with E-state index in [2.05, 4.69) is 15.7 Å². The van der Waals surface area contributed by atoms with Crippen molar-refractivity contribution in [1.82, 2.24) is 15.1 Å². The number of rotatable bonds is 3. The molecule has 2 rings (SSSR count). The molecule has 20 heavy (non-hydrogen) atoms. The maximum atomic E-state index is 13.8. The minimum Gasteiger partial charge on any atom is -0.365 e. The zero-order valence-corrected chi connectivity index (χ0v) is 12.6. The van der Waals surface area contributed by atoms with Gasteiger partial charge in [0.25, 0.3) is 0 Å². The Labute approximate surface area is 126 Å². The SMILES string of the molecule is CNC(=S)Nc1cc(C)n(Cc2c(F)cccc2Cl)n1. The number of anilines is 1. The van der Waals surface area contributed by atoms with Crippen molar-refractivity contribution in [1.29, 1.82) is 0 Å². The molecular weight excluding hydrogens is 299 g/mol. The van der Waals surface area contributed by atoms with Crippen LogP contribution in [0.1, 0.15) is 11.3 Å². The minimum absolute atomic E-state index is 0.269. The molecule has 106 valence electrons. The monoisotopic (exact) mass is 312 g/mol. The van der Waals surface area contributed by atoms with Crippen LogP contribution in [0.2, 0.25) is 5.02 Å². The van der Waals surface area contributed by atoms with Gasteiger partial charge >= 0.3 is 0 Å². The van der Waals surface area contributed by atoms with Crippen LogP contribution < -0.4 is 10.6 Å². The summed E-state index contributed by atoms with van der Waals surface area (Å²) in [5.74, 6) is 0.266. The van der Waals surface area contributed by atoms with Crippen LogP contribution in [0.3, 0.4) is 0 Å². The second kappa shape index (κ2) is 6.19. The van der Waals surface area contributed by atoms with E-state index < -0.39 is 0 Å². The van der Waals surface area contributed by atoms with E-state index in [-0.39, 0.29) is 12.4 Å². The fourth-order valence-corrected chi connectivity index (χ4v) is 2.07. The largest absolute Gasteiger partial charge is 0.365 e. The summed E-state index contributed by atoms with van der Waals surface area (Å²) < 4.78 is 15.4. The Morgan fingerprint density at radius 1 is 1.50 bits per heavy atom. The molecule has 7 heteroatoms. The Kier molecular flexibility index (Phi) is 4.57. The van der Waals surface area contributed by atoms with Crippen molar-refractivity contribution in [3.05, 3.63) is 46.4 Å². The number of nitrogens with zero attached hydrogens (tertiary/aromatic N) is 2. The quantitative estimate of drug-likeness (QED) is 0.855. The third-order valence-electron chi connectivity index (χ3n) is 2.82. The average molecular weight is 313 g/mol. The Bertz CT molecular complexity index is 621. The van der Waals surface area contributed by atoms with Gasteiger partial charge in [0.1, 0.15) is 5.82 Å². The molecule has 4 nitrogen and oxygen atoms in total. The van der Waals surface area contributed by atoms with Gasteiger partial charge in [-0.3, -0.25) is 4.68 Å². The average Bonchev–Trinajstić information content (AvgIpc) is 2.74. The summed E-state index contributed by atoms with van der Waals surface area (Å²) in [4.78, 5) is 0. The maximum Gasteiger partial charge on any atom is 0.171 e. The molecule has 1 aromatic heterocycles. The molecule has 0 radical (unpaired) electrons. The van der Waals surface area contributed by atoms with Gasteiger partial charge in [-0.05, 0) is 31.3 Å². The normalized spacial score (nSPS) is 10.4. The number of aryl methyl sites for hydroxylation is 1. The standard InChI is InChI=1S/C13H14ClFN4S/c1-8-6-12(17-13(20)16-2)18-19(8)7-9-10(14)4-3-5-11(9)15/h3-6H,7H2,1-2H3,(H2,16,17,18,20). The summed E-state index contributed by atoms with van der Waals surface area (Å²) in [6.07, 6.45) is 0. The molecule has 0 amide bonds. The molecule has 1 heterocycles. The molecule has 1 aromatic carbocycles. The van der Waals surface area contributed by atoms with Gasteiger partial charge in [-0.1, -0.05) is 17.7 Å². The summed E-state index contributed by atoms with van der Waals surface area (Å²) in [7, 11) is 1.72. The molecule has 0 saturated carbocycles. The predicted octanol–water partition coefficient (Wildman–Crippen LogP) is 2.95. The number of hydrogen-bond donors (Lipinski definition) is 2. The van der Waals surface area contributed by atoms with Crippen LogP contribution >= 0.6 is 23.8 Å². The number of hydrogen-bond acceptors (Lipinski definition) is 2. The molecule has 0 fully saturated rings. The highest BCUT2D eigenvalue weighted by molar-refractivity contribution is 7.80.